The SMILES string of the molecule is CCOC(=O)c1ccc(NC(=O)C2Cc3ccccc3OC2=O)cc1. The van der Waals surface area contributed by atoms with E-state index in [9.17, 15) is 14.4 Å². The number of benzene rings is 2. The van der Waals surface area contributed by atoms with Gasteiger partial charge in [0.2, 0.25) is 5.91 Å². The van der Waals surface area contributed by atoms with Crippen LogP contribution < -0.4 is 10.1 Å². The highest BCUT2D eigenvalue weighted by Gasteiger charge is 2.34. The smallest absolute Gasteiger partial charge is 0.338 e. The van der Waals surface area contributed by atoms with E-state index in [4.69, 9.17) is 9.47 Å². The highest BCUT2D eigenvalue weighted by Crippen LogP contribution is 2.28. The van der Waals surface area contributed by atoms with Crippen LogP contribution in [-0.4, -0.2) is 24.5 Å². The van der Waals surface area contributed by atoms with Gasteiger partial charge in [0, 0.05) is 5.69 Å². The van der Waals surface area contributed by atoms with Crippen molar-refractivity contribution in [1.29, 1.82) is 0 Å². The second-order valence-corrected chi connectivity index (χ2v) is 5.57. The van der Waals surface area contributed by atoms with Crippen molar-refractivity contribution < 1.29 is 23.9 Å². The van der Waals surface area contributed by atoms with Crippen molar-refractivity contribution >= 4 is 23.5 Å². The van der Waals surface area contributed by atoms with Gasteiger partial charge in [-0.05, 0) is 49.2 Å². The predicted molar refractivity (Wildman–Crippen MR) is 90.3 cm³/mol. The van der Waals surface area contributed by atoms with E-state index >= 15 is 0 Å². The second-order valence-electron chi connectivity index (χ2n) is 5.57. The van der Waals surface area contributed by atoms with E-state index in [2.05, 4.69) is 5.32 Å². The number of para-hydroxylation sites is 1. The van der Waals surface area contributed by atoms with Gasteiger partial charge in [0.1, 0.15) is 11.7 Å². The third-order valence-corrected chi connectivity index (χ3v) is 3.87. The summed E-state index contributed by atoms with van der Waals surface area (Å²) >= 11 is 0. The Morgan fingerprint density at radius 3 is 2.60 bits per heavy atom. The van der Waals surface area contributed by atoms with Crippen molar-refractivity contribution in [2.24, 2.45) is 5.92 Å². The Balaban J connectivity index is 1.68. The molecule has 1 aliphatic heterocycles. The third kappa shape index (κ3) is 3.68. The Bertz CT molecular complexity index is 813. The average Bonchev–Trinajstić information content (AvgIpc) is 2.62. The van der Waals surface area contributed by atoms with Crippen LogP contribution in [0.3, 0.4) is 0 Å². The molecule has 6 nitrogen and oxygen atoms in total. The van der Waals surface area contributed by atoms with E-state index in [0.29, 0.717) is 30.0 Å². The summed E-state index contributed by atoms with van der Waals surface area (Å²) in [5, 5.41) is 2.68. The van der Waals surface area contributed by atoms with Gasteiger partial charge in [-0.1, -0.05) is 18.2 Å². The molecule has 1 unspecified atom stereocenters. The molecule has 1 amide bonds. The van der Waals surface area contributed by atoms with E-state index in [-0.39, 0.29) is 0 Å². The van der Waals surface area contributed by atoms with E-state index < -0.39 is 23.8 Å². The summed E-state index contributed by atoms with van der Waals surface area (Å²) in [5.74, 6) is -1.84. The molecule has 1 heterocycles. The van der Waals surface area contributed by atoms with Gasteiger partial charge < -0.3 is 14.8 Å². The number of fused-ring (bicyclic) bond motifs is 1. The Kier molecular flexibility index (Phi) is 4.79. The summed E-state index contributed by atoms with van der Waals surface area (Å²) in [5.41, 5.74) is 1.70. The summed E-state index contributed by atoms with van der Waals surface area (Å²) in [4.78, 5) is 36.1. The van der Waals surface area contributed by atoms with E-state index in [1.54, 1.807) is 43.3 Å². The maximum absolute atomic E-state index is 12.4. The van der Waals surface area contributed by atoms with Crippen LogP contribution in [0.2, 0.25) is 0 Å². The maximum atomic E-state index is 12.4. The summed E-state index contributed by atoms with van der Waals surface area (Å²) in [6.45, 7) is 2.02. The molecule has 25 heavy (non-hydrogen) atoms. The molecule has 0 saturated heterocycles. The zero-order valence-corrected chi connectivity index (χ0v) is 13.7. The Labute approximate surface area is 144 Å². The zero-order valence-electron chi connectivity index (χ0n) is 13.7. The van der Waals surface area contributed by atoms with Crippen LogP contribution in [0.25, 0.3) is 0 Å². The highest BCUT2D eigenvalue weighted by molar-refractivity contribution is 6.06. The monoisotopic (exact) mass is 339 g/mol. The van der Waals surface area contributed by atoms with Crippen LogP contribution in [-0.2, 0) is 20.7 Å². The Morgan fingerprint density at radius 1 is 1.16 bits per heavy atom. The number of rotatable bonds is 4. The van der Waals surface area contributed by atoms with Gasteiger partial charge in [-0.2, -0.15) is 0 Å². The van der Waals surface area contributed by atoms with E-state index in [1.165, 1.54) is 0 Å². The molecule has 1 atom stereocenters. The number of nitrogens with one attached hydrogen (secondary N) is 1. The molecule has 0 radical (unpaired) electrons. The average molecular weight is 339 g/mol. The predicted octanol–water partition coefficient (Wildman–Crippen LogP) is 2.58. The standard InChI is InChI=1S/C19H17NO5/c1-2-24-18(22)12-7-9-14(10-8-12)20-17(21)15-11-13-5-3-4-6-16(13)25-19(15)23/h3-10,15H,2,11H2,1H3,(H,20,21). The molecule has 128 valence electrons. The molecule has 1 aliphatic rings. The summed E-state index contributed by atoms with van der Waals surface area (Å²) in [6.07, 6.45) is 0.293. The number of amides is 1. The van der Waals surface area contributed by atoms with Gasteiger partial charge in [0.25, 0.3) is 0 Å². The van der Waals surface area contributed by atoms with Gasteiger partial charge in [0.15, 0.2) is 0 Å². The van der Waals surface area contributed by atoms with Crippen LogP contribution in [0, 0.1) is 5.92 Å². The van der Waals surface area contributed by atoms with Crippen molar-refractivity contribution in [3.63, 3.8) is 0 Å². The molecule has 0 spiro atoms. The van der Waals surface area contributed by atoms with Crippen molar-refractivity contribution in [2.45, 2.75) is 13.3 Å². The molecule has 0 saturated carbocycles. The number of carbonyl (C=O) groups excluding carboxylic acids is 3. The van der Waals surface area contributed by atoms with E-state index in [1.807, 2.05) is 12.1 Å². The molecule has 2 aromatic carbocycles. The van der Waals surface area contributed by atoms with Gasteiger partial charge in [-0.3, -0.25) is 9.59 Å². The minimum absolute atomic E-state index is 0.293. The summed E-state index contributed by atoms with van der Waals surface area (Å²) in [7, 11) is 0. The minimum atomic E-state index is -0.903. The fourth-order valence-electron chi connectivity index (χ4n) is 2.59. The van der Waals surface area contributed by atoms with Crippen LogP contribution >= 0.6 is 0 Å². The molecule has 0 fully saturated rings. The van der Waals surface area contributed by atoms with Crippen LogP contribution in [0.4, 0.5) is 5.69 Å². The zero-order chi connectivity index (χ0) is 17.8. The molecule has 0 aliphatic carbocycles. The van der Waals surface area contributed by atoms with Crippen molar-refractivity contribution in [1.82, 2.24) is 0 Å². The van der Waals surface area contributed by atoms with Gasteiger partial charge in [-0.25, -0.2) is 4.79 Å². The minimum Gasteiger partial charge on any atom is -0.462 e. The fraction of sp³-hybridized carbons (Fsp3) is 0.211. The first-order valence-electron chi connectivity index (χ1n) is 7.96. The number of esters is 2. The lowest BCUT2D eigenvalue weighted by atomic mass is 9.95. The van der Waals surface area contributed by atoms with Crippen molar-refractivity contribution in [3.05, 3.63) is 59.7 Å². The number of anilines is 1. The van der Waals surface area contributed by atoms with E-state index in [0.717, 1.165) is 5.56 Å². The maximum Gasteiger partial charge on any atom is 0.338 e. The number of hydrogen-bond donors (Lipinski definition) is 1. The first kappa shape index (κ1) is 16.7. The van der Waals surface area contributed by atoms with Crippen LogP contribution in [0.15, 0.2) is 48.5 Å². The molecule has 6 heteroatoms. The van der Waals surface area contributed by atoms with Crippen LogP contribution in [0.5, 0.6) is 5.75 Å². The van der Waals surface area contributed by atoms with Crippen molar-refractivity contribution in [3.8, 4) is 5.75 Å². The first-order chi connectivity index (χ1) is 12.1. The van der Waals surface area contributed by atoms with Crippen LogP contribution in [0.1, 0.15) is 22.8 Å². The molecule has 2 aromatic rings. The fourth-order valence-corrected chi connectivity index (χ4v) is 2.59. The quantitative estimate of drug-likeness (QED) is 0.526. The number of ether oxygens (including phenoxy) is 2. The molecule has 3 rings (SSSR count). The second kappa shape index (κ2) is 7.17. The molecule has 0 aromatic heterocycles. The third-order valence-electron chi connectivity index (χ3n) is 3.87. The lowest BCUT2D eigenvalue weighted by molar-refractivity contribution is -0.144. The molecular weight excluding hydrogens is 322 g/mol. The van der Waals surface area contributed by atoms with Gasteiger partial charge in [-0.15, -0.1) is 0 Å². The molecule has 1 N–H and O–H groups in total. The lowest BCUT2D eigenvalue weighted by Gasteiger charge is -2.22. The Morgan fingerprint density at radius 2 is 1.88 bits per heavy atom. The normalized spacial score (nSPS) is 15.7. The molecule has 0 bridgehead atoms. The summed E-state index contributed by atoms with van der Waals surface area (Å²) < 4.78 is 10.1. The summed E-state index contributed by atoms with van der Waals surface area (Å²) in [6, 6.07) is 13.4. The Hall–Kier alpha value is -3.15. The van der Waals surface area contributed by atoms with Gasteiger partial charge in [0.05, 0.1) is 12.2 Å². The van der Waals surface area contributed by atoms with Crippen molar-refractivity contribution in [2.75, 3.05) is 11.9 Å². The van der Waals surface area contributed by atoms with Gasteiger partial charge >= 0.3 is 11.9 Å². The first-order valence-corrected chi connectivity index (χ1v) is 7.96. The topological polar surface area (TPSA) is 81.7 Å². The number of hydrogen-bond acceptors (Lipinski definition) is 5. The lowest BCUT2D eigenvalue weighted by Crippen LogP contribution is -2.37. The molecular formula is C19H17NO5. The highest BCUT2D eigenvalue weighted by atomic mass is 16.5. The number of carbonyl (C=O) groups is 3. The largest absolute Gasteiger partial charge is 0.462 e.